The number of hydrogen-bond acceptors (Lipinski definition) is 0. The first-order valence-corrected chi connectivity index (χ1v) is 6.34. The Morgan fingerprint density at radius 3 is 2.27 bits per heavy atom. The lowest BCUT2D eigenvalue weighted by Crippen LogP contribution is -2.22. The first-order chi connectivity index (χ1) is 4.70. The van der Waals surface area contributed by atoms with Crippen molar-refractivity contribution in [3.8, 4) is 0 Å². The van der Waals surface area contributed by atoms with Gasteiger partial charge in [-0.15, -0.1) is 0 Å². The summed E-state index contributed by atoms with van der Waals surface area (Å²) in [5, 5.41) is 1.19. The number of benzene rings is 1. The van der Waals surface area contributed by atoms with Crippen LogP contribution in [0.25, 0.3) is 0 Å². The fourth-order valence-corrected chi connectivity index (χ4v) is 1.85. The van der Waals surface area contributed by atoms with Gasteiger partial charge < -0.3 is 0 Å². The standard InChI is InChI=1S/C8H11FSi.FH/c1-10(2)8-5-3-4-7(9)6-8;/h3-6,10H,1-2H3;1H. The van der Waals surface area contributed by atoms with Crippen LogP contribution < -0.4 is 5.19 Å². The molecule has 0 aliphatic carbocycles. The highest BCUT2D eigenvalue weighted by Gasteiger charge is 1.99. The molecular formula is C8H12F2Si. The first-order valence-electron chi connectivity index (χ1n) is 3.45. The molecular weight excluding hydrogens is 162 g/mol. The summed E-state index contributed by atoms with van der Waals surface area (Å²) in [5.41, 5.74) is 0. The Kier molecular flexibility index (Phi) is 3.96. The van der Waals surface area contributed by atoms with E-state index in [1.54, 1.807) is 12.1 Å². The van der Waals surface area contributed by atoms with Gasteiger partial charge in [-0.25, -0.2) is 4.39 Å². The number of halogens is 2. The van der Waals surface area contributed by atoms with Gasteiger partial charge in [0.05, 0.1) is 8.80 Å². The van der Waals surface area contributed by atoms with E-state index in [-0.39, 0.29) is 10.5 Å². The van der Waals surface area contributed by atoms with Gasteiger partial charge in [-0.05, 0) is 12.1 Å². The number of hydrogen-bond donors (Lipinski definition) is 0. The molecule has 3 heteroatoms. The Morgan fingerprint density at radius 1 is 1.27 bits per heavy atom. The normalized spacial score (nSPS) is 9.45. The summed E-state index contributed by atoms with van der Waals surface area (Å²) in [6, 6.07) is 6.90. The largest absolute Gasteiger partial charge is 0.269 e. The molecule has 0 unspecified atom stereocenters. The second kappa shape index (κ2) is 4.23. The van der Waals surface area contributed by atoms with Gasteiger partial charge in [-0.2, -0.15) is 0 Å². The van der Waals surface area contributed by atoms with Crippen molar-refractivity contribution in [2.45, 2.75) is 13.1 Å². The summed E-state index contributed by atoms with van der Waals surface area (Å²) >= 11 is 0. The topological polar surface area (TPSA) is 0 Å². The van der Waals surface area contributed by atoms with Crippen LogP contribution in [0.2, 0.25) is 13.1 Å². The summed E-state index contributed by atoms with van der Waals surface area (Å²) in [7, 11) is -0.797. The van der Waals surface area contributed by atoms with E-state index in [1.807, 2.05) is 6.07 Å². The van der Waals surface area contributed by atoms with Gasteiger partial charge in [0.2, 0.25) is 0 Å². The minimum atomic E-state index is -0.797. The van der Waals surface area contributed by atoms with Crippen molar-refractivity contribution >= 4 is 14.0 Å². The molecule has 0 aromatic heterocycles. The van der Waals surface area contributed by atoms with Crippen LogP contribution in [0.4, 0.5) is 9.09 Å². The highest BCUT2D eigenvalue weighted by molar-refractivity contribution is 6.70. The third-order valence-corrected chi connectivity index (χ3v) is 3.21. The summed E-state index contributed by atoms with van der Waals surface area (Å²) in [4.78, 5) is 0. The average molecular weight is 174 g/mol. The summed E-state index contributed by atoms with van der Waals surface area (Å²) < 4.78 is 12.5. The predicted octanol–water partition coefficient (Wildman–Crippen LogP) is 1.67. The highest BCUT2D eigenvalue weighted by Crippen LogP contribution is 1.94. The SMILES string of the molecule is C[SiH](C)c1cccc(F)c1.F. The molecule has 0 heterocycles. The molecule has 1 aromatic rings. The first kappa shape index (κ1) is 10.3. The van der Waals surface area contributed by atoms with Crippen LogP contribution in [0.15, 0.2) is 24.3 Å². The van der Waals surface area contributed by atoms with E-state index in [4.69, 9.17) is 0 Å². The third kappa shape index (κ3) is 2.80. The monoisotopic (exact) mass is 174 g/mol. The molecule has 11 heavy (non-hydrogen) atoms. The zero-order valence-corrected chi connectivity index (χ0v) is 7.83. The van der Waals surface area contributed by atoms with Crippen molar-refractivity contribution in [2.75, 3.05) is 0 Å². The van der Waals surface area contributed by atoms with Crippen molar-refractivity contribution in [3.05, 3.63) is 30.1 Å². The zero-order chi connectivity index (χ0) is 7.56. The minimum Gasteiger partial charge on any atom is -0.269 e. The van der Waals surface area contributed by atoms with Crippen LogP contribution in [-0.2, 0) is 0 Å². The summed E-state index contributed by atoms with van der Waals surface area (Å²) in [6.07, 6.45) is 0. The van der Waals surface area contributed by atoms with E-state index >= 15 is 0 Å². The van der Waals surface area contributed by atoms with Gasteiger partial charge in [0.1, 0.15) is 5.82 Å². The Morgan fingerprint density at radius 2 is 1.91 bits per heavy atom. The van der Waals surface area contributed by atoms with Gasteiger partial charge in [-0.3, -0.25) is 4.70 Å². The second-order valence-corrected chi connectivity index (χ2v) is 5.69. The van der Waals surface area contributed by atoms with E-state index in [0.717, 1.165) is 0 Å². The summed E-state index contributed by atoms with van der Waals surface area (Å²) in [6.45, 7) is 4.38. The van der Waals surface area contributed by atoms with Crippen molar-refractivity contribution in [1.82, 2.24) is 0 Å². The van der Waals surface area contributed by atoms with Crippen LogP contribution in [0, 0.1) is 5.82 Å². The molecule has 0 N–H and O–H groups in total. The maximum atomic E-state index is 12.5. The molecule has 0 radical (unpaired) electrons. The van der Waals surface area contributed by atoms with Gasteiger partial charge in [-0.1, -0.05) is 30.4 Å². The van der Waals surface area contributed by atoms with E-state index in [9.17, 15) is 4.39 Å². The molecule has 62 valence electrons. The lowest BCUT2D eigenvalue weighted by molar-refractivity contribution is 0.629. The molecule has 0 bridgehead atoms. The molecule has 1 aromatic carbocycles. The Bertz CT molecular complexity index is 223. The Hall–Kier alpha value is -0.703. The summed E-state index contributed by atoms with van der Waals surface area (Å²) in [5.74, 6) is -0.112. The minimum absolute atomic E-state index is 0. The Balaban J connectivity index is 0.000001000. The molecule has 1 rings (SSSR count). The zero-order valence-electron chi connectivity index (χ0n) is 6.67. The molecule has 0 fully saturated rings. The number of rotatable bonds is 1. The molecule has 0 spiro atoms. The van der Waals surface area contributed by atoms with Gasteiger partial charge in [0, 0.05) is 0 Å². The maximum Gasteiger partial charge on any atom is 0.123 e. The second-order valence-electron chi connectivity index (χ2n) is 2.71. The van der Waals surface area contributed by atoms with E-state index < -0.39 is 8.80 Å². The van der Waals surface area contributed by atoms with Crippen LogP contribution >= 0.6 is 0 Å². The highest BCUT2D eigenvalue weighted by atomic mass is 28.3. The predicted molar refractivity (Wildman–Crippen MR) is 47.4 cm³/mol. The van der Waals surface area contributed by atoms with Crippen LogP contribution in [-0.4, -0.2) is 8.80 Å². The van der Waals surface area contributed by atoms with E-state index in [2.05, 4.69) is 13.1 Å². The molecule has 0 amide bonds. The van der Waals surface area contributed by atoms with Crippen molar-refractivity contribution in [1.29, 1.82) is 0 Å². The van der Waals surface area contributed by atoms with Gasteiger partial charge >= 0.3 is 0 Å². The van der Waals surface area contributed by atoms with Crippen molar-refractivity contribution < 1.29 is 9.09 Å². The lowest BCUT2D eigenvalue weighted by Gasteiger charge is -2.01. The fourth-order valence-electron chi connectivity index (χ4n) is 0.866. The lowest BCUT2D eigenvalue weighted by atomic mass is 10.3. The maximum absolute atomic E-state index is 12.5. The van der Waals surface area contributed by atoms with Crippen LogP contribution in [0.5, 0.6) is 0 Å². The van der Waals surface area contributed by atoms with Gasteiger partial charge in [0.25, 0.3) is 0 Å². The van der Waals surface area contributed by atoms with E-state index in [1.165, 1.54) is 11.3 Å². The third-order valence-electron chi connectivity index (χ3n) is 1.52. The average Bonchev–Trinajstić information content (AvgIpc) is 1.88. The van der Waals surface area contributed by atoms with Crippen molar-refractivity contribution in [2.24, 2.45) is 0 Å². The molecule has 0 atom stereocenters. The smallest absolute Gasteiger partial charge is 0.123 e. The van der Waals surface area contributed by atoms with Crippen molar-refractivity contribution in [3.63, 3.8) is 0 Å². The molecule has 0 saturated heterocycles. The molecule has 0 saturated carbocycles. The van der Waals surface area contributed by atoms with Gasteiger partial charge in [0.15, 0.2) is 0 Å². The molecule has 0 aliphatic rings. The molecule has 0 nitrogen and oxygen atoms in total. The van der Waals surface area contributed by atoms with Crippen LogP contribution in [0.3, 0.4) is 0 Å². The quantitative estimate of drug-likeness (QED) is 0.568. The fraction of sp³-hybridized carbons (Fsp3) is 0.250. The van der Waals surface area contributed by atoms with Crippen LogP contribution in [0.1, 0.15) is 0 Å². The molecule has 0 aliphatic heterocycles. The Labute approximate surface area is 67.0 Å². The van der Waals surface area contributed by atoms with E-state index in [0.29, 0.717) is 0 Å².